The van der Waals surface area contributed by atoms with E-state index in [0.717, 1.165) is 32.1 Å². The third-order valence-corrected chi connectivity index (χ3v) is 3.59. The summed E-state index contributed by atoms with van der Waals surface area (Å²) in [5.74, 6) is 2.78. The Morgan fingerprint density at radius 3 is 2.69 bits per heavy atom. The molecule has 0 radical (unpaired) electrons. The second kappa shape index (κ2) is 2.51. The lowest BCUT2D eigenvalue weighted by molar-refractivity contribution is -0.173. The topological polar surface area (TPSA) is 26.3 Å². The highest BCUT2D eigenvalue weighted by Gasteiger charge is 2.61. The van der Waals surface area contributed by atoms with Gasteiger partial charge in [0.15, 0.2) is 0 Å². The van der Waals surface area contributed by atoms with Crippen molar-refractivity contribution in [1.29, 1.82) is 0 Å². The second-order valence-corrected chi connectivity index (χ2v) is 4.40. The van der Waals surface area contributed by atoms with Gasteiger partial charge in [-0.2, -0.15) is 0 Å². The number of ether oxygens (including phenoxy) is 1. The molecule has 2 nitrogen and oxygen atoms in total. The van der Waals surface area contributed by atoms with Crippen molar-refractivity contribution < 1.29 is 9.53 Å². The summed E-state index contributed by atoms with van der Waals surface area (Å²) < 4.78 is 4.81. The maximum atomic E-state index is 11.5. The molecular weight excluding hydrogens is 164 g/mol. The van der Waals surface area contributed by atoms with Gasteiger partial charge in [-0.15, -0.1) is 6.42 Å². The first-order valence-electron chi connectivity index (χ1n) is 4.73. The molecule has 0 spiro atoms. The van der Waals surface area contributed by atoms with Gasteiger partial charge in [0.25, 0.3) is 0 Å². The first kappa shape index (κ1) is 8.62. The summed E-state index contributed by atoms with van der Waals surface area (Å²) >= 11 is 0. The average molecular weight is 178 g/mol. The maximum Gasteiger partial charge on any atom is 0.311 e. The van der Waals surface area contributed by atoms with Crippen LogP contribution in [0.15, 0.2) is 0 Å². The molecule has 3 fully saturated rings. The van der Waals surface area contributed by atoms with Gasteiger partial charge >= 0.3 is 5.97 Å². The zero-order chi connectivity index (χ0) is 9.53. The van der Waals surface area contributed by atoms with Crippen molar-refractivity contribution in [2.45, 2.75) is 32.1 Å². The SMILES string of the molecule is C#CC12CCCC(C(=O)OC)(C1)C2. The van der Waals surface area contributed by atoms with Crippen LogP contribution in [0.3, 0.4) is 0 Å². The van der Waals surface area contributed by atoms with E-state index >= 15 is 0 Å². The first-order chi connectivity index (χ1) is 6.16. The molecule has 70 valence electrons. The third kappa shape index (κ3) is 0.997. The molecule has 0 aromatic rings. The summed E-state index contributed by atoms with van der Waals surface area (Å²) in [5, 5.41) is 0. The highest BCUT2D eigenvalue weighted by atomic mass is 16.5. The fourth-order valence-corrected chi connectivity index (χ4v) is 3.00. The Kier molecular flexibility index (Phi) is 1.66. The number of methoxy groups -OCH3 is 1. The van der Waals surface area contributed by atoms with Crippen molar-refractivity contribution in [3.8, 4) is 12.3 Å². The predicted molar refractivity (Wildman–Crippen MR) is 48.8 cm³/mol. The van der Waals surface area contributed by atoms with E-state index in [1.165, 1.54) is 7.11 Å². The standard InChI is InChI=1S/C11H14O2/c1-3-10-5-4-6-11(7-10,8-10)9(12)13-2/h1H,4-8H2,2H3. The Morgan fingerprint density at radius 2 is 2.15 bits per heavy atom. The number of fused-ring (bicyclic) bond motifs is 2. The Balaban J connectivity index is 2.16. The monoisotopic (exact) mass is 178 g/mol. The van der Waals surface area contributed by atoms with Crippen LogP contribution >= 0.6 is 0 Å². The van der Waals surface area contributed by atoms with Crippen LogP contribution in [-0.2, 0) is 9.53 Å². The van der Waals surface area contributed by atoms with Crippen LogP contribution in [0.25, 0.3) is 0 Å². The molecular formula is C11H14O2. The summed E-state index contributed by atoms with van der Waals surface area (Å²) in [6, 6.07) is 0. The van der Waals surface area contributed by atoms with Crippen LogP contribution in [-0.4, -0.2) is 13.1 Å². The van der Waals surface area contributed by atoms with E-state index in [0.29, 0.717) is 0 Å². The Morgan fingerprint density at radius 1 is 1.46 bits per heavy atom. The van der Waals surface area contributed by atoms with Crippen LogP contribution in [0.1, 0.15) is 32.1 Å². The lowest BCUT2D eigenvalue weighted by atomic mass is 9.46. The highest BCUT2D eigenvalue weighted by molar-refractivity contribution is 5.79. The van der Waals surface area contributed by atoms with E-state index in [1.807, 2.05) is 0 Å². The maximum absolute atomic E-state index is 11.5. The molecule has 13 heavy (non-hydrogen) atoms. The van der Waals surface area contributed by atoms with E-state index in [4.69, 9.17) is 11.2 Å². The molecule has 0 heterocycles. The Hall–Kier alpha value is -0.970. The zero-order valence-corrected chi connectivity index (χ0v) is 7.93. The molecule has 0 N–H and O–H groups in total. The number of carbonyl (C=O) groups excluding carboxylic acids is 1. The lowest BCUT2D eigenvalue weighted by Crippen LogP contribution is -2.54. The van der Waals surface area contributed by atoms with Gasteiger partial charge in [-0.25, -0.2) is 0 Å². The molecule has 3 aliphatic carbocycles. The van der Waals surface area contributed by atoms with Crippen molar-refractivity contribution in [3.05, 3.63) is 0 Å². The number of terminal acetylenes is 1. The molecule has 0 aliphatic heterocycles. The molecule has 0 saturated heterocycles. The number of hydrogen-bond acceptors (Lipinski definition) is 2. The molecule has 2 bridgehead atoms. The van der Waals surface area contributed by atoms with Crippen LogP contribution < -0.4 is 0 Å². The van der Waals surface area contributed by atoms with E-state index < -0.39 is 0 Å². The molecule has 0 unspecified atom stereocenters. The fourth-order valence-electron chi connectivity index (χ4n) is 3.00. The first-order valence-corrected chi connectivity index (χ1v) is 4.73. The fraction of sp³-hybridized carbons (Fsp3) is 0.727. The normalized spacial score (nSPS) is 41.5. The van der Waals surface area contributed by atoms with Gasteiger partial charge < -0.3 is 4.74 Å². The summed E-state index contributed by atoms with van der Waals surface area (Å²) in [7, 11) is 1.46. The van der Waals surface area contributed by atoms with Crippen molar-refractivity contribution >= 4 is 5.97 Å². The summed E-state index contributed by atoms with van der Waals surface area (Å²) in [6.07, 6.45) is 10.3. The molecule has 3 rings (SSSR count). The number of carbonyl (C=O) groups is 1. The number of rotatable bonds is 1. The van der Waals surface area contributed by atoms with E-state index in [1.54, 1.807) is 0 Å². The van der Waals surface area contributed by atoms with Gasteiger partial charge in [0.05, 0.1) is 12.5 Å². The van der Waals surface area contributed by atoms with E-state index in [2.05, 4.69) is 5.92 Å². The van der Waals surface area contributed by atoms with Gasteiger partial charge in [-0.3, -0.25) is 4.79 Å². The molecule has 0 amide bonds. The molecule has 3 aliphatic rings. The minimum absolute atomic E-state index is 0.0342. The summed E-state index contributed by atoms with van der Waals surface area (Å²) in [4.78, 5) is 11.5. The Labute approximate surface area is 78.7 Å². The van der Waals surface area contributed by atoms with Gasteiger partial charge in [0.2, 0.25) is 0 Å². The van der Waals surface area contributed by atoms with Gasteiger partial charge in [0.1, 0.15) is 0 Å². The third-order valence-electron chi connectivity index (χ3n) is 3.59. The molecule has 0 atom stereocenters. The second-order valence-electron chi connectivity index (χ2n) is 4.40. The van der Waals surface area contributed by atoms with Crippen molar-refractivity contribution in [3.63, 3.8) is 0 Å². The lowest BCUT2D eigenvalue weighted by Gasteiger charge is -2.56. The Bertz CT molecular complexity index is 279. The van der Waals surface area contributed by atoms with Gasteiger partial charge in [-0.1, -0.05) is 12.3 Å². The zero-order valence-electron chi connectivity index (χ0n) is 7.93. The van der Waals surface area contributed by atoms with Crippen molar-refractivity contribution in [2.75, 3.05) is 7.11 Å². The summed E-state index contributed by atoms with van der Waals surface area (Å²) in [5.41, 5.74) is -0.175. The number of esters is 1. The largest absolute Gasteiger partial charge is 0.469 e. The van der Waals surface area contributed by atoms with E-state index in [9.17, 15) is 4.79 Å². The van der Waals surface area contributed by atoms with Crippen LogP contribution in [0.4, 0.5) is 0 Å². The predicted octanol–water partition coefficient (Wildman–Crippen LogP) is 1.74. The smallest absolute Gasteiger partial charge is 0.311 e. The van der Waals surface area contributed by atoms with Gasteiger partial charge in [-0.05, 0) is 25.7 Å². The van der Waals surface area contributed by atoms with Crippen molar-refractivity contribution in [1.82, 2.24) is 0 Å². The summed E-state index contributed by atoms with van der Waals surface area (Å²) in [6.45, 7) is 0. The minimum Gasteiger partial charge on any atom is -0.469 e. The molecule has 2 heteroatoms. The average Bonchev–Trinajstić information content (AvgIpc) is 2.15. The van der Waals surface area contributed by atoms with Crippen molar-refractivity contribution in [2.24, 2.45) is 10.8 Å². The van der Waals surface area contributed by atoms with Gasteiger partial charge in [0, 0.05) is 5.41 Å². The molecule has 0 aromatic heterocycles. The van der Waals surface area contributed by atoms with Crippen LogP contribution in [0.2, 0.25) is 0 Å². The number of hydrogen-bond donors (Lipinski definition) is 0. The van der Waals surface area contributed by atoms with E-state index in [-0.39, 0.29) is 16.8 Å². The quantitative estimate of drug-likeness (QED) is 0.451. The van der Waals surface area contributed by atoms with Crippen LogP contribution in [0, 0.1) is 23.2 Å². The molecule has 0 aromatic carbocycles. The highest BCUT2D eigenvalue weighted by Crippen LogP contribution is 2.63. The molecule has 3 saturated carbocycles. The minimum atomic E-state index is -0.209. The van der Waals surface area contributed by atoms with Crippen LogP contribution in [0.5, 0.6) is 0 Å².